The van der Waals surface area contributed by atoms with E-state index in [9.17, 15) is 19.5 Å². The fourth-order valence-corrected chi connectivity index (χ4v) is 12.6. The molecule has 0 spiro atoms. The Morgan fingerprint density at radius 1 is 0.900 bits per heavy atom. The average molecular weight is 957 g/mol. The van der Waals surface area contributed by atoms with Crippen molar-refractivity contribution in [3.63, 3.8) is 0 Å². The number of pyridine rings is 1. The number of hydrogen-bond donors (Lipinski definition) is 3. The zero-order valence-electron chi connectivity index (χ0n) is 41.9. The lowest BCUT2D eigenvalue weighted by Crippen LogP contribution is -2.60. The largest absolute Gasteiger partial charge is 0.394 e. The number of aryl methyl sites for hydroxylation is 1. The summed E-state index contributed by atoms with van der Waals surface area (Å²) in [6.45, 7) is 19.0. The number of aliphatic hydroxyl groups excluding tert-OH is 1. The Labute approximate surface area is 411 Å². The Kier molecular flexibility index (Phi) is 13.2. The zero-order chi connectivity index (χ0) is 49.0. The van der Waals surface area contributed by atoms with Crippen LogP contribution in [-0.4, -0.2) is 148 Å². The number of aromatic nitrogens is 4. The molecule has 3 unspecified atom stereocenters. The lowest BCUT2D eigenvalue weighted by molar-refractivity contribution is -0.113. The second-order valence-electron chi connectivity index (χ2n) is 21.6. The Morgan fingerprint density at radius 2 is 1.73 bits per heavy atom. The molecule has 0 bridgehead atoms. The van der Waals surface area contributed by atoms with Crippen LogP contribution >= 0.6 is 0 Å². The highest BCUT2D eigenvalue weighted by Crippen LogP contribution is 2.40. The number of amides is 2. The van der Waals surface area contributed by atoms with Crippen LogP contribution in [-0.2, 0) is 36.0 Å². The van der Waals surface area contributed by atoms with Gasteiger partial charge >= 0.3 is 0 Å². The molecule has 10 rings (SSSR count). The zero-order valence-corrected chi connectivity index (χ0v) is 41.9. The van der Waals surface area contributed by atoms with Gasteiger partial charge in [-0.15, -0.1) is 0 Å². The molecule has 4 aromatic rings. The second-order valence-corrected chi connectivity index (χ2v) is 21.6. The molecule has 4 N–H and O–H groups in total. The van der Waals surface area contributed by atoms with Crippen molar-refractivity contribution in [3.8, 4) is 0 Å². The number of aliphatic hydroxyl groups is 1. The third-order valence-electron chi connectivity index (χ3n) is 16.1. The number of piperazine rings is 1. The predicted octanol–water partition coefficient (Wildman–Crippen LogP) is 4.62. The Bertz CT molecular complexity index is 2700. The van der Waals surface area contributed by atoms with E-state index in [-0.39, 0.29) is 41.4 Å². The van der Waals surface area contributed by atoms with Gasteiger partial charge in [0.05, 0.1) is 37.9 Å². The summed E-state index contributed by atoms with van der Waals surface area (Å²) in [5, 5.41) is 14.3. The molecular formula is C53H72N12O5. The highest BCUT2D eigenvalue weighted by molar-refractivity contribution is 5.94. The molecule has 8 heterocycles. The number of anilines is 6. The Balaban J connectivity index is 0.821. The first-order valence-corrected chi connectivity index (χ1v) is 25.6. The smallest absolute Gasteiger partial charge is 0.293 e. The van der Waals surface area contributed by atoms with E-state index in [2.05, 4.69) is 87.2 Å². The van der Waals surface area contributed by atoms with Crippen molar-refractivity contribution in [1.29, 1.82) is 0 Å². The van der Waals surface area contributed by atoms with E-state index < -0.39 is 11.9 Å². The molecule has 70 heavy (non-hydrogen) atoms. The molecule has 6 aliphatic rings. The number of piperidine rings is 2. The van der Waals surface area contributed by atoms with Gasteiger partial charge in [0, 0.05) is 130 Å². The number of nitrogens with one attached hydrogen (secondary N) is 1. The maximum Gasteiger partial charge on any atom is 0.293 e. The van der Waals surface area contributed by atoms with Gasteiger partial charge in [-0.05, 0) is 107 Å². The molecular weight excluding hydrogens is 885 g/mol. The average Bonchev–Trinajstić information content (AvgIpc) is 3.84. The van der Waals surface area contributed by atoms with Crippen LogP contribution in [0.1, 0.15) is 87.6 Å². The fourth-order valence-electron chi connectivity index (χ4n) is 12.6. The highest BCUT2D eigenvalue weighted by Gasteiger charge is 2.43. The Morgan fingerprint density at radius 3 is 2.50 bits per heavy atom. The third-order valence-corrected chi connectivity index (χ3v) is 16.1. The van der Waals surface area contributed by atoms with Gasteiger partial charge in [-0.2, -0.15) is 0 Å². The topological polar surface area (TPSA) is 174 Å². The minimum atomic E-state index is -0.546. The van der Waals surface area contributed by atoms with E-state index in [0.717, 1.165) is 114 Å². The van der Waals surface area contributed by atoms with Crippen molar-refractivity contribution in [3.05, 3.63) is 87.7 Å². The van der Waals surface area contributed by atoms with Crippen molar-refractivity contribution in [2.45, 2.75) is 116 Å². The fraction of sp³-hybridized carbons (Fsp3) is 0.566. The molecule has 3 aromatic heterocycles. The van der Waals surface area contributed by atoms with Gasteiger partial charge in [0.25, 0.3) is 11.5 Å². The number of morpholine rings is 1. The van der Waals surface area contributed by atoms with Crippen LogP contribution < -0.4 is 36.2 Å². The van der Waals surface area contributed by atoms with Gasteiger partial charge in [0.1, 0.15) is 17.3 Å². The molecule has 17 heteroatoms. The van der Waals surface area contributed by atoms with Gasteiger partial charge in [-0.3, -0.25) is 19.3 Å². The monoisotopic (exact) mass is 957 g/mol. The summed E-state index contributed by atoms with van der Waals surface area (Å²) in [6, 6.07) is 13.1. The van der Waals surface area contributed by atoms with Gasteiger partial charge in [-0.25, -0.2) is 9.97 Å². The highest BCUT2D eigenvalue weighted by atomic mass is 16.5. The maximum absolute atomic E-state index is 14.2. The van der Waals surface area contributed by atoms with Crippen molar-refractivity contribution in [1.82, 2.24) is 28.9 Å². The molecule has 6 atom stereocenters. The first-order valence-electron chi connectivity index (χ1n) is 25.6. The number of nitrogens with two attached hydrogens (primary N) is 1. The molecule has 2 amide bonds. The summed E-state index contributed by atoms with van der Waals surface area (Å²) >= 11 is 0. The van der Waals surface area contributed by atoms with Crippen LogP contribution in [0.5, 0.6) is 0 Å². The maximum atomic E-state index is 14.2. The summed E-state index contributed by atoms with van der Waals surface area (Å²) in [5.41, 5.74) is 12.5. The molecule has 0 radical (unpaired) electrons. The molecule has 374 valence electrons. The van der Waals surface area contributed by atoms with Crippen molar-refractivity contribution >= 4 is 52.4 Å². The van der Waals surface area contributed by atoms with Crippen LogP contribution in [0.15, 0.2) is 59.7 Å². The second kappa shape index (κ2) is 19.4. The van der Waals surface area contributed by atoms with E-state index >= 15 is 0 Å². The number of carbonyl (C=O) groups excluding carboxylic acids is 2. The number of rotatable bonds is 11. The molecule has 17 nitrogen and oxygen atoms in total. The molecule has 5 aliphatic heterocycles. The van der Waals surface area contributed by atoms with E-state index in [1.165, 1.54) is 27.6 Å². The third kappa shape index (κ3) is 9.27. The van der Waals surface area contributed by atoms with Crippen LogP contribution in [0, 0.1) is 5.41 Å². The molecule has 4 saturated heterocycles. The number of ether oxygens (including phenoxy) is 1. The van der Waals surface area contributed by atoms with E-state index in [4.69, 9.17) is 20.4 Å². The van der Waals surface area contributed by atoms with E-state index in [0.29, 0.717) is 42.7 Å². The summed E-state index contributed by atoms with van der Waals surface area (Å²) in [5.74, 6) is 1.17. The standard InChI is InChI=1S/C53H72N12O5/c1-34-24-40(14-17-60(34)41-13-15-55-48(27-41)62-22-23-70-33-36(62)3)59-18-19-61(35(2)30-59)42-11-10-39(25-37(42)9-12-47(54)67)56-50-52(69)58(6)31-49(57-50)64-16-7-8-43(46(64)32-66)65-21-20-63-44(51(65)68)26-38-28-53(4,5)29-45(38)63/h9-13,15,25-27,31,34-36,40,43,46,66H,7-8,14,16-24,28-30,32-33H2,1-6H3,(H2,54,67)(H,56,57)/t34-,35+,36+,40?,43?,46?/m1/s1. The first-order chi connectivity index (χ1) is 33.7. The quantitative estimate of drug-likeness (QED) is 0.178. The SMILES string of the molecule is C[C@@H]1CC(N2CCN(c3ccc(Nc4nc(N5CCCC(N6CCn7c(cc8c7CC(C)(C)C8)C6=O)C5CO)cn(C)c4=O)cc3C=CC(N)=O)[C@@H](C)C2)CCN1c1ccnc(N2CCOC[C@@H]2C)c1. The number of hydrogen-bond acceptors (Lipinski definition) is 13. The van der Waals surface area contributed by atoms with Crippen molar-refractivity contribution in [2.75, 3.05) is 90.6 Å². The van der Waals surface area contributed by atoms with Crippen LogP contribution in [0.3, 0.4) is 0 Å². The molecule has 4 fully saturated rings. The molecule has 1 aromatic carbocycles. The lowest BCUT2D eigenvalue weighted by Gasteiger charge is -2.48. The summed E-state index contributed by atoms with van der Waals surface area (Å²) in [7, 11) is 1.70. The number of benzene rings is 1. The predicted molar refractivity (Wildman–Crippen MR) is 275 cm³/mol. The number of nitrogens with zero attached hydrogens (tertiary/aromatic N) is 10. The Hall–Kier alpha value is -5.91. The van der Waals surface area contributed by atoms with Crippen LogP contribution in [0.2, 0.25) is 0 Å². The minimum Gasteiger partial charge on any atom is -0.394 e. The normalized spacial score (nSPS) is 26.2. The van der Waals surface area contributed by atoms with E-state index in [1.54, 1.807) is 19.3 Å². The number of carbonyl (C=O) groups is 2. The molecule has 0 saturated carbocycles. The number of primary amides is 1. The first kappa shape index (κ1) is 47.8. The number of fused-ring (bicyclic) bond motifs is 3. The van der Waals surface area contributed by atoms with Gasteiger partial charge in [0.2, 0.25) is 5.91 Å². The van der Waals surface area contributed by atoms with Crippen LogP contribution in [0.4, 0.5) is 34.5 Å². The van der Waals surface area contributed by atoms with Gasteiger partial charge in [-0.1, -0.05) is 13.8 Å². The van der Waals surface area contributed by atoms with Crippen molar-refractivity contribution in [2.24, 2.45) is 18.2 Å². The van der Waals surface area contributed by atoms with Crippen LogP contribution in [0.25, 0.3) is 6.08 Å². The van der Waals surface area contributed by atoms with Gasteiger partial charge < -0.3 is 54.5 Å². The van der Waals surface area contributed by atoms with E-state index in [1.807, 2.05) is 29.3 Å². The van der Waals surface area contributed by atoms with Gasteiger partial charge in [0.15, 0.2) is 5.82 Å². The minimum absolute atomic E-state index is 0.0153. The molecule has 1 aliphatic carbocycles. The summed E-state index contributed by atoms with van der Waals surface area (Å²) < 4.78 is 9.42. The summed E-state index contributed by atoms with van der Waals surface area (Å²) in [4.78, 5) is 63.7. The lowest BCUT2D eigenvalue weighted by atomic mass is 9.90. The summed E-state index contributed by atoms with van der Waals surface area (Å²) in [6.07, 6.45) is 12.5. The van der Waals surface area contributed by atoms with Crippen molar-refractivity contribution < 1.29 is 19.4 Å².